The molecule has 0 amide bonds. The number of rotatable bonds is 3. The largest absolute Gasteiger partial charge is 0.472 e. The van der Waals surface area contributed by atoms with Gasteiger partial charge in [-0.25, -0.2) is 0 Å². The summed E-state index contributed by atoms with van der Waals surface area (Å²) >= 11 is 0. The van der Waals surface area contributed by atoms with Gasteiger partial charge >= 0.3 is 0 Å². The van der Waals surface area contributed by atoms with E-state index in [1.807, 2.05) is 6.08 Å². The molecule has 0 aromatic heterocycles. The first-order valence-electron chi connectivity index (χ1n) is 7.55. The van der Waals surface area contributed by atoms with E-state index < -0.39 is 55.1 Å². The molecule has 1 fully saturated rings. The lowest BCUT2D eigenvalue weighted by molar-refractivity contribution is -0.342. The van der Waals surface area contributed by atoms with E-state index in [-0.39, 0.29) is 0 Å². The average Bonchev–Trinajstić information content (AvgIpc) is 2.84. The Morgan fingerprint density at radius 2 is 1.96 bits per heavy atom. The Bertz CT molecular complexity index is 500. The van der Waals surface area contributed by atoms with E-state index in [0.29, 0.717) is 6.42 Å². The molecule has 3 aliphatic rings. The molecule has 0 unspecified atom stereocenters. The maximum atomic E-state index is 10.5. The highest BCUT2D eigenvalue weighted by atomic mass is 16.8. The Kier molecular flexibility index (Phi) is 4.49. The van der Waals surface area contributed by atoms with Crippen LogP contribution in [-0.2, 0) is 14.2 Å². The molecule has 2 heterocycles. The lowest BCUT2D eigenvalue weighted by Crippen LogP contribution is -2.60. The molecule has 0 saturated carbocycles. The van der Waals surface area contributed by atoms with E-state index in [0.717, 1.165) is 5.57 Å². The van der Waals surface area contributed by atoms with Crippen LogP contribution in [0.1, 0.15) is 13.3 Å². The number of ether oxygens (including phenoxy) is 3. The molecular formula is C15H22O8. The monoisotopic (exact) mass is 330 g/mol. The van der Waals surface area contributed by atoms with Crippen molar-refractivity contribution in [2.75, 3.05) is 6.61 Å². The summed E-state index contributed by atoms with van der Waals surface area (Å²) in [5, 5.41) is 49.3. The number of aliphatic hydroxyl groups excluding tert-OH is 4. The predicted molar refractivity (Wildman–Crippen MR) is 75.7 cm³/mol. The fourth-order valence-electron chi connectivity index (χ4n) is 3.26. The topological polar surface area (TPSA) is 129 Å². The molecule has 130 valence electrons. The smallest absolute Gasteiger partial charge is 0.211 e. The molecule has 0 spiro atoms. The minimum absolute atomic E-state index is 0.440. The molecule has 2 aliphatic heterocycles. The normalized spacial score (nSPS) is 49.5. The van der Waals surface area contributed by atoms with Gasteiger partial charge in [0.1, 0.15) is 24.4 Å². The molecule has 8 nitrogen and oxygen atoms in total. The molecule has 1 aliphatic carbocycles. The maximum absolute atomic E-state index is 10.5. The van der Waals surface area contributed by atoms with Crippen LogP contribution in [0.5, 0.6) is 0 Å². The van der Waals surface area contributed by atoms with Gasteiger partial charge in [0.05, 0.1) is 24.4 Å². The fraction of sp³-hybridized carbons (Fsp3) is 0.733. The van der Waals surface area contributed by atoms with Crippen LogP contribution >= 0.6 is 0 Å². The van der Waals surface area contributed by atoms with E-state index in [9.17, 15) is 25.5 Å². The summed E-state index contributed by atoms with van der Waals surface area (Å²) in [6, 6.07) is 0. The van der Waals surface area contributed by atoms with Crippen LogP contribution < -0.4 is 0 Å². The van der Waals surface area contributed by atoms with E-state index in [4.69, 9.17) is 14.2 Å². The summed E-state index contributed by atoms with van der Waals surface area (Å²) in [4.78, 5) is 0. The van der Waals surface area contributed by atoms with Crippen LogP contribution in [0.4, 0.5) is 0 Å². The minimum Gasteiger partial charge on any atom is -0.472 e. The van der Waals surface area contributed by atoms with Gasteiger partial charge in [-0.2, -0.15) is 0 Å². The molecular weight excluding hydrogens is 308 g/mol. The average molecular weight is 330 g/mol. The third kappa shape index (κ3) is 2.91. The number of hydrogen-bond acceptors (Lipinski definition) is 8. The lowest BCUT2D eigenvalue weighted by Gasteiger charge is -2.43. The van der Waals surface area contributed by atoms with Crippen LogP contribution in [0.3, 0.4) is 0 Å². The molecule has 0 bridgehead atoms. The highest BCUT2D eigenvalue weighted by Gasteiger charge is 2.50. The maximum Gasteiger partial charge on any atom is 0.211 e. The van der Waals surface area contributed by atoms with Gasteiger partial charge in [0.25, 0.3) is 0 Å². The zero-order valence-electron chi connectivity index (χ0n) is 12.6. The van der Waals surface area contributed by atoms with Crippen molar-refractivity contribution >= 4 is 0 Å². The van der Waals surface area contributed by atoms with Crippen molar-refractivity contribution in [1.82, 2.24) is 0 Å². The first-order chi connectivity index (χ1) is 10.8. The standard InChI is InChI=1S/C15H22O8/c1-15(20)4-2-7-3-5-21-13(9(7)15)23-14-12(19)11(18)10(17)8(6-16)22-14/h2-3,5,8-14,16-20H,4,6H2,1H3/t8-,9+,10-,11+,12-,13-,14+,15+/m0/s1. The van der Waals surface area contributed by atoms with Gasteiger partial charge in [0.15, 0.2) is 6.29 Å². The van der Waals surface area contributed by atoms with Gasteiger partial charge in [0.2, 0.25) is 6.29 Å². The Morgan fingerprint density at radius 3 is 2.65 bits per heavy atom. The van der Waals surface area contributed by atoms with E-state index in [1.165, 1.54) is 6.26 Å². The summed E-state index contributed by atoms with van der Waals surface area (Å²) in [7, 11) is 0. The summed E-state index contributed by atoms with van der Waals surface area (Å²) in [6.45, 7) is 1.12. The Morgan fingerprint density at radius 1 is 1.22 bits per heavy atom. The zero-order valence-corrected chi connectivity index (χ0v) is 12.6. The summed E-state index contributed by atoms with van der Waals surface area (Å²) in [6.07, 6.45) is -2.29. The lowest BCUT2D eigenvalue weighted by atomic mass is 9.86. The minimum atomic E-state index is -1.52. The third-order valence-corrected chi connectivity index (χ3v) is 4.64. The van der Waals surface area contributed by atoms with Crippen LogP contribution in [0, 0.1) is 5.92 Å². The molecule has 0 radical (unpaired) electrons. The Labute approximate surface area is 133 Å². The van der Waals surface area contributed by atoms with Crippen molar-refractivity contribution in [3.63, 3.8) is 0 Å². The first kappa shape index (κ1) is 16.8. The van der Waals surface area contributed by atoms with Gasteiger partial charge in [-0.05, 0) is 25.0 Å². The number of fused-ring (bicyclic) bond motifs is 1. The molecule has 0 aromatic carbocycles. The van der Waals surface area contributed by atoms with E-state index in [1.54, 1.807) is 13.0 Å². The van der Waals surface area contributed by atoms with Crippen LogP contribution in [0.15, 0.2) is 24.0 Å². The van der Waals surface area contributed by atoms with Crippen molar-refractivity contribution in [2.24, 2.45) is 5.92 Å². The number of allylic oxidation sites excluding steroid dienone is 1. The SMILES string of the molecule is C[C@@]1(O)CC=C2C=CO[C@@H](O[C@H]3O[C@@H](CO)[C@H](O)[C@@H](O)[C@@H]3O)[C@@H]21. The zero-order chi connectivity index (χ0) is 16.8. The van der Waals surface area contributed by atoms with Crippen LogP contribution in [-0.4, -0.2) is 74.7 Å². The molecule has 3 rings (SSSR count). The molecule has 8 atom stereocenters. The van der Waals surface area contributed by atoms with Gasteiger partial charge < -0.3 is 39.7 Å². The van der Waals surface area contributed by atoms with Gasteiger partial charge in [-0.3, -0.25) is 0 Å². The number of hydrogen-bond donors (Lipinski definition) is 5. The quantitative estimate of drug-likeness (QED) is 0.417. The summed E-state index contributed by atoms with van der Waals surface area (Å²) in [5.74, 6) is -0.472. The van der Waals surface area contributed by atoms with Gasteiger partial charge in [0, 0.05) is 0 Å². The molecule has 0 aromatic rings. The van der Waals surface area contributed by atoms with Gasteiger partial charge in [-0.15, -0.1) is 0 Å². The second-order valence-corrected chi connectivity index (χ2v) is 6.38. The Balaban J connectivity index is 1.75. The fourth-order valence-corrected chi connectivity index (χ4v) is 3.26. The Hall–Kier alpha value is -1.00. The molecule has 23 heavy (non-hydrogen) atoms. The van der Waals surface area contributed by atoms with Crippen molar-refractivity contribution < 1.29 is 39.7 Å². The van der Waals surface area contributed by atoms with Crippen molar-refractivity contribution in [1.29, 1.82) is 0 Å². The highest BCUT2D eigenvalue weighted by molar-refractivity contribution is 5.32. The van der Waals surface area contributed by atoms with Crippen molar-refractivity contribution in [3.8, 4) is 0 Å². The van der Waals surface area contributed by atoms with Crippen LogP contribution in [0.25, 0.3) is 0 Å². The molecule has 5 N–H and O–H groups in total. The second-order valence-electron chi connectivity index (χ2n) is 6.38. The molecule has 1 saturated heterocycles. The van der Waals surface area contributed by atoms with E-state index >= 15 is 0 Å². The van der Waals surface area contributed by atoms with Crippen molar-refractivity contribution in [2.45, 2.75) is 55.9 Å². The van der Waals surface area contributed by atoms with Crippen LogP contribution in [0.2, 0.25) is 0 Å². The van der Waals surface area contributed by atoms with Gasteiger partial charge in [-0.1, -0.05) is 6.08 Å². The van der Waals surface area contributed by atoms with Crippen molar-refractivity contribution in [3.05, 3.63) is 24.0 Å². The second kappa shape index (κ2) is 6.14. The van der Waals surface area contributed by atoms with E-state index in [2.05, 4.69) is 0 Å². The number of aliphatic hydroxyl groups is 5. The highest BCUT2D eigenvalue weighted by Crippen LogP contribution is 2.42. The summed E-state index contributed by atoms with van der Waals surface area (Å²) in [5.41, 5.74) is -0.213. The molecule has 8 heteroatoms. The predicted octanol–water partition coefficient (Wildman–Crippen LogP) is -1.63. The first-order valence-corrected chi connectivity index (χ1v) is 7.55. The summed E-state index contributed by atoms with van der Waals surface area (Å²) < 4.78 is 16.3. The third-order valence-electron chi connectivity index (χ3n) is 4.64.